The molecule has 0 aliphatic carbocycles. The van der Waals surface area contributed by atoms with Crippen molar-refractivity contribution in [2.75, 3.05) is 13.1 Å². The minimum atomic E-state index is -0.532. The average Bonchev–Trinajstić information content (AvgIpc) is 2.40. The van der Waals surface area contributed by atoms with E-state index in [-0.39, 0.29) is 11.7 Å². The second-order valence-electron chi connectivity index (χ2n) is 5.25. The van der Waals surface area contributed by atoms with Gasteiger partial charge in [0.25, 0.3) is 5.91 Å². The van der Waals surface area contributed by atoms with Crippen molar-refractivity contribution in [3.05, 3.63) is 30.1 Å². The Bertz CT molecular complexity index is 432. The Labute approximate surface area is 113 Å². The van der Waals surface area contributed by atoms with Gasteiger partial charge in [0.15, 0.2) is 6.10 Å². The molecule has 19 heavy (non-hydrogen) atoms. The van der Waals surface area contributed by atoms with Crippen molar-refractivity contribution in [1.82, 2.24) is 4.90 Å². The first-order valence-electron chi connectivity index (χ1n) is 6.77. The fourth-order valence-corrected chi connectivity index (χ4v) is 2.41. The van der Waals surface area contributed by atoms with Gasteiger partial charge in [0.2, 0.25) is 0 Å². The van der Waals surface area contributed by atoms with Gasteiger partial charge in [-0.15, -0.1) is 0 Å². The van der Waals surface area contributed by atoms with Gasteiger partial charge in [0.1, 0.15) is 11.6 Å². The van der Waals surface area contributed by atoms with Crippen LogP contribution in [0, 0.1) is 11.7 Å². The molecule has 4 heteroatoms. The first-order valence-corrected chi connectivity index (χ1v) is 6.77. The maximum absolute atomic E-state index is 12.8. The van der Waals surface area contributed by atoms with Crippen molar-refractivity contribution in [2.24, 2.45) is 5.92 Å². The Hall–Kier alpha value is -1.58. The molecular formula is C15H20FNO2. The number of rotatable bonds is 3. The van der Waals surface area contributed by atoms with Gasteiger partial charge in [-0.3, -0.25) is 4.79 Å². The molecule has 0 bridgehead atoms. The highest BCUT2D eigenvalue weighted by molar-refractivity contribution is 5.81. The molecule has 1 amide bonds. The number of hydrogen-bond donors (Lipinski definition) is 0. The maximum Gasteiger partial charge on any atom is 0.263 e. The number of piperidine rings is 1. The number of nitrogens with zero attached hydrogens (tertiary/aromatic N) is 1. The van der Waals surface area contributed by atoms with Crippen LogP contribution in [0.15, 0.2) is 24.3 Å². The zero-order chi connectivity index (χ0) is 13.8. The smallest absolute Gasteiger partial charge is 0.263 e. The van der Waals surface area contributed by atoms with Crippen molar-refractivity contribution in [3.8, 4) is 5.75 Å². The average molecular weight is 265 g/mol. The van der Waals surface area contributed by atoms with Crippen LogP contribution >= 0.6 is 0 Å². The number of halogens is 1. The Morgan fingerprint density at radius 3 is 2.74 bits per heavy atom. The third-order valence-electron chi connectivity index (χ3n) is 3.44. The number of hydrogen-bond acceptors (Lipinski definition) is 2. The van der Waals surface area contributed by atoms with Gasteiger partial charge in [0.05, 0.1) is 0 Å². The summed E-state index contributed by atoms with van der Waals surface area (Å²) in [5, 5.41) is 0. The Morgan fingerprint density at radius 1 is 1.42 bits per heavy atom. The molecule has 0 saturated carbocycles. The molecule has 1 saturated heterocycles. The van der Waals surface area contributed by atoms with Gasteiger partial charge in [-0.2, -0.15) is 0 Å². The highest BCUT2D eigenvalue weighted by Gasteiger charge is 2.25. The molecule has 1 aromatic rings. The van der Waals surface area contributed by atoms with Crippen LogP contribution in [-0.2, 0) is 4.79 Å². The number of carbonyl (C=O) groups is 1. The summed E-state index contributed by atoms with van der Waals surface area (Å²) in [5.41, 5.74) is 0. The minimum Gasteiger partial charge on any atom is -0.481 e. The lowest BCUT2D eigenvalue weighted by Crippen LogP contribution is -2.45. The van der Waals surface area contributed by atoms with Crippen LogP contribution in [0.3, 0.4) is 0 Å². The SMILES string of the molecule is CC1CCCN(C(=O)C(C)Oc2ccc(F)cc2)C1. The van der Waals surface area contributed by atoms with E-state index in [2.05, 4.69) is 6.92 Å². The van der Waals surface area contributed by atoms with E-state index in [1.807, 2.05) is 4.90 Å². The van der Waals surface area contributed by atoms with Crippen molar-refractivity contribution in [2.45, 2.75) is 32.8 Å². The topological polar surface area (TPSA) is 29.5 Å². The zero-order valence-electron chi connectivity index (χ0n) is 11.4. The summed E-state index contributed by atoms with van der Waals surface area (Å²) in [6.07, 6.45) is 1.70. The van der Waals surface area contributed by atoms with E-state index < -0.39 is 6.10 Å². The third kappa shape index (κ3) is 3.69. The van der Waals surface area contributed by atoms with Crippen molar-refractivity contribution < 1.29 is 13.9 Å². The van der Waals surface area contributed by atoms with Crippen LogP contribution in [-0.4, -0.2) is 30.0 Å². The van der Waals surface area contributed by atoms with Crippen LogP contribution in [0.5, 0.6) is 5.75 Å². The normalized spacial score (nSPS) is 21.0. The number of likely N-dealkylation sites (tertiary alicyclic amines) is 1. The molecule has 3 nitrogen and oxygen atoms in total. The lowest BCUT2D eigenvalue weighted by atomic mass is 10.00. The van der Waals surface area contributed by atoms with Gasteiger partial charge in [-0.05, 0) is 49.9 Å². The lowest BCUT2D eigenvalue weighted by molar-refractivity contribution is -0.139. The lowest BCUT2D eigenvalue weighted by Gasteiger charge is -2.32. The standard InChI is InChI=1S/C15H20FNO2/c1-11-4-3-9-17(10-11)15(18)12(2)19-14-7-5-13(16)6-8-14/h5-8,11-12H,3-4,9-10H2,1-2H3. The molecule has 1 aliphatic heterocycles. The Balaban J connectivity index is 1.93. The molecule has 0 spiro atoms. The molecule has 2 rings (SSSR count). The number of amides is 1. The number of carbonyl (C=O) groups excluding carboxylic acids is 1. The molecule has 2 atom stereocenters. The molecule has 0 N–H and O–H groups in total. The summed E-state index contributed by atoms with van der Waals surface area (Å²) in [7, 11) is 0. The second kappa shape index (κ2) is 6.04. The molecular weight excluding hydrogens is 245 g/mol. The first kappa shape index (κ1) is 13.8. The quantitative estimate of drug-likeness (QED) is 0.841. The number of benzene rings is 1. The van der Waals surface area contributed by atoms with E-state index in [0.29, 0.717) is 11.7 Å². The predicted molar refractivity (Wildman–Crippen MR) is 71.5 cm³/mol. The first-order chi connectivity index (χ1) is 9.06. The Morgan fingerprint density at radius 2 is 2.11 bits per heavy atom. The summed E-state index contributed by atoms with van der Waals surface area (Å²) >= 11 is 0. The summed E-state index contributed by atoms with van der Waals surface area (Å²) in [6.45, 7) is 5.51. The van der Waals surface area contributed by atoms with Crippen LogP contribution in [0.25, 0.3) is 0 Å². The summed E-state index contributed by atoms with van der Waals surface area (Å²) in [4.78, 5) is 14.1. The van der Waals surface area contributed by atoms with Gasteiger partial charge in [0, 0.05) is 13.1 Å². The highest BCUT2D eigenvalue weighted by Crippen LogP contribution is 2.18. The largest absolute Gasteiger partial charge is 0.481 e. The van der Waals surface area contributed by atoms with Crippen molar-refractivity contribution >= 4 is 5.91 Å². The van der Waals surface area contributed by atoms with Gasteiger partial charge in [-0.25, -0.2) is 4.39 Å². The second-order valence-corrected chi connectivity index (χ2v) is 5.25. The van der Waals surface area contributed by atoms with E-state index >= 15 is 0 Å². The molecule has 1 aliphatic rings. The Kier molecular flexibility index (Phi) is 4.40. The van der Waals surface area contributed by atoms with Gasteiger partial charge >= 0.3 is 0 Å². The van der Waals surface area contributed by atoms with Gasteiger partial charge in [-0.1, -0.05) is 6.92 Å². The van der Waals surface area contributed by atoms with E-state index in [1.165, 1.54) is 30.7 Å². The molecule has 0 radical (unpaired) electrons. The number of ether oxygens (including phenoxy) is 1. The maximum atomic E-state index is 12.8. The van der Waals surface area contributed by atoms with Crippen LogP contribution in [0.2, 0.25) is 0 Å². The minimum absolute atomic E-state index is 0.0101. The molecule has 0 aromatic heterocycles. The molecule has 1 aromatic carbocycles. The molecule has 1 heterocycles. The van der Waals surface area contributed by atoms with E-state index in [1.54, 1.807) is 6.92 Å². The fourth-order valence-electron chi connectivity index (χ4n) is 2.41. The summed E-state index contributed by atoms with van der Waals surface area (Å²) in [5.74, 6) is 0.773. The highest BCUT2D eigenvalue weighted by atomic mass is 19.1. The molecule has 104 valence electrons. The van der Waals surface area contributed by atoms with Crippen LogP contribution in [0.4, 0.5) is 4.39 Å². The zero-order valence-corrected chi connectivity index (χ0v) is 11.4. The predicted octanol–water partition coefficient (Wildman–Crippen LogP) is 2.85. The molecule has 2 unspecified atom stereocenters. The van der Waals surface area contributed by atoms with E-state index in [4.69, 9.17) is 4.74 Å². The van der Waals surface area contributed by atoms with Crippen molar-refractivity contribution in [1.29, 1.82) is 0 Å². The van der Waals surface area contributed by atoms with Crippen molar-refractivity contribution in [3.63, 3.8) is 0 Å². The summed E-state index contributed by atoms with van der Waals surface area (Å²) < 4.78 is 18.3. The van der Waals surface area contributed by atoms with E-state index in [9.17, 15) is 9.18 Å². The fraction of sp³-hybridized carbons (Fsp3) is 0.533. The van der Waals surface area contributed by atoms with Gasteiger partial charge < -0.3 is 9.64 Å². The van der Waals surface area contributed by atoms with E-state index in [0.717, 1.165) is 19.5 Å². The van der Waals surface area contributed by atoms with Crippen LogP contribution < -0.4 is 4.74 Å². The third-order valence-corrected chi connectivity index (χ3v) is 3.44. The summed E-state index contributed by atoms with van der Waals surface area (Å²) in [6, 6.07) is 5.74. The van der Waals surface area contributed by atoms with Crippen LogP contribution in [0.1, 0.15) is 26.7 Å². The monoisotopic (exact) mass is 265 g/mol. The molecule has 1 fully saturated rings.